The minimum absolute atomic E-state index is 0.0183. The number of fused-ring (bicyclic) bond motifs is 1. The van der Waals surface area contributed by atoms with Crippen LogP contribution < -0.4 is 10.2 Å². The minimum Gasteiger partial charge on any atom is -0.355 e. The van der Waals surface area contributed by atoms with Crippen molar-refractivity contribution in [2.24, 2.45) is 5.41 Å². The van der Waals surface area contributed by atoms with Gasteiger partial charge < -0.3 is 10.2 Å². The molecule has 2 aromatic carbocycles. The molecule has 0 saturated heterocycles. The summed E-state index contributed by atoms with van der Waals surface area (Å²) in [5, 5.41) is 3.01. The molecule has 1 fully saturated rings. The van der Waals surface area contributed by atoms with Crippen LogP contribution >= 0.6 is 0 Å². The van der Waals surface area contributed by atoms with Gasteiger partial charge in [0.15, 0.2) is 0 Å². The average molecular weight is 362 g/mol. The molecule has 1 saturated carbocycles. The average Bonchev–Trinajstić information content (AvgIpc) is 3.53. The van der Waals surface area contributed by atoms with Crippen molar-refractivity contribution in [1.29, 1.82) is 0 Å². The number of hydrogen-bond donors (Lipinski definition) is 1. The monoisotopic (exact) mass is 362 g/mol. The highest BCUT2D eigenvalue weighted by atomic mass is 16.2. The predicted molar refractivity (Wildman–Crippen MR) is 107 cm³/mol. The highest BCUT2D eigenvalue weighted by Crippen LogP contribution is 2.48. The highest BCUT2D eigenvalue weighted by Gasteiger charge is 2.58. The number of nitrogens with zero attached hydrogens (tertiary/aromatic N) is 1. The number of carbonyl (C=O) groups is 2. The number of rotatable bonds is 6. The van der Waals surface area contributed by atoms with E-state index >= 15 is 0 Å². The molecule has 0 bridgehead atoms. The zero-order valence-electron chi connectivity index (χ0n) is 15.6. The first-order valence-corrected chi connectivity index (χ1v) is 9.93. The molecule has 140 valence electrons. The van der Waals surface area contributed by atoms with E-state index in [4.69, 9.17) is 0 Å². The van der Waals surface area contributed by atoms with Crippen molar-refractivity contribution in [2.45, 2.75) is 38.5 Å². The van der Waals surface area contributed by atoms with Crippen LogP contribution in [-0.2, 0) is 22.4 Å². The maximum atomic E-state index is 13.2. The number of carbonyl (C=O) groups excluding carboxylic acids is 2. The standard InChI is InChI=1S/C23H26N2O2/c26-21(24-16-6-10-18-8-2-1-3-9-18)23(14-15-23)22(27)25-17-7-12-19-11-4-5-13-20(19)25/h1-5,8-9,11,13H,6-7,10,12,14-17H2,(H,24,26). The molecular weight excluding hydrogens is 336 g/mol. The summed E-state index contributed by atoms with van der Waals surface area (Å²) in [4.78, 5) is 27.8. The molecule has 4 nitrogen and oxygen atoms in total. The summed E-state index contributed by atoms with van der Waals surface area (Å²) in [6.45, 7) is 1.32. The Labute approximate surface area is 160 Å². The van der Waals surface area contributed by atoms with Crippen LogP contribution in [0.15, 0.2) is 54.6 Å². The summed E-state index contributed by atoms with van der Waals surface area (Å²) in [6, 6.07) is 18.3. The Morgan fingerprint density at radius 3 is 2.52 bits per heavy atom. The highest BCUT2D eigenvalue weighted by molar-refractivity contribution is 6.14. The summed E-state index contributed by atoms with van der Waals surface area (Å²) >= 11 is 0. The zero-order chi connectivity index (χ0) is 18.7. The van der Waals surface area contributed by atoms with Gasteiger partial charge in [0.2, 0.25) is 11.8 Å². The van der Waals surface area contributed by atoms with E-state index in [9.17, 15) is 9.59 Å². The third kappa shape index (κ3) is 3.61. The molecule has 2 amide bonds. The van der Waals surface area contributed by atoms with Gasteiger partial charge in [-0.15, -0.1) is 0 Å². The number of aryl methyl sites for hydroxylation is 2. The summed E-state index contributed by atoms with van der Waals surface area (Å²) in [5.74, 6) is -0.112. The molecule has 0 spiro atoms. The van der Waals surface area contributed by atoms with E-state index in [-0.39, 0.29) is 11.8 Å². The van der Waals surface area contributed by atoms with Gasteiger partial charge in [0.25, 0.3) is 0 Å². The Morgan fingerprint density at radius 1 is 1.00 bits per heavy atom. The normalized spacial score (nSPS) is 17.1. The van der Waals surface area contributed by atoms with Crippen molar-refractivity contribution in [3.8, 4) is 0 Å². The lowest BCUT2D eigenvalue weighted by Gasteiger charge is -2.32. The minimum atomic E-state index is -0.836. The van der Waals surface area contributed by atoms with Crippen molar-refractivity contribution in [1.82, 2.24) is 5.32 Å². The SMILES string of the molecule is O=C(NCCCc1ccccc1)C1(C(=O)N2CCCc3ccccc32)CC1. The molecule has 4 rings (SSSR count). The maximum absolute atomic E-state index is 13.2. The Balaban J connectivity index is 1.36. The molecule has 2 aliphatic rings. The molecular formula is C23H26N2O2. The van der Waals surface area contributed by atoms with Crippen molar-refractivity contribution < 1.29 is 9.59 Å². The first kappa shape index (κ1) is 17.8. The molecule has 2 aromatic rings. The van der Waals surface area contributed by atoms with Crippen LogP contribution in [0.5, 0.6) is 0 Å². The lowest BCUT2D eigenvalue weighted by atomic mass is 9.97. The number of para-hydroxylation sites is 1. The van der Waals surface area contributed by atoms with Crippen LogP contribution in [0, 0.1) is 5.41 Å². The van der Waals surface area contributed by atoms with E-state index in [2.05, 4.69) is 23.5 Å². The third-order valence-corrected chi connectivity index (χ3v) is 5.72. The van der Waals surface area contributed by atoms with Gasteiger partial charge in [-0.3, -0.25) is 9.59 Å². The van der Waals surface area contributed by atoms with Crippen LogP contribution in [0.1, 0.15) is 36.8 Å². The van der Waals surface area contributed by atoms with Crippen LogP contribution in [0.4, 0.5) is 5.69 Å². The van der Waals surface area contributed by atoms with Crippen molar-refractivity contribution >= 4 is 17.5 Å². The molecule has 0 atom stereocenters. The first-order valence-electron chi connectivity index (χ1n) is 9.93. The van der Waals surface area contributed by atoms with Crippen LogP contribution in [0.25, 0.3) is 0 Å². The Kier molecular flexibility index (Phi) is 4.97. The second kappa shape index (κ2) is 7.55. The van der Waals surface area contributed by atoms with Crippen molar-refractivity contribution in [2.75, 3.05) is 18.0 Å². The number of amides is 2. The lowest BCUT2D eigenvalue weighted by Crippen LogP contribution is -2.47. The first-order chi connectivity index (χ1) is 13.2. The van der Waals surface area contributed by atoms with E-state index in [1.807, 2.05) is 41.3 Å². The van der Waals surface area contributed by atoms with Crippen molar-refractivity contribution in [3.05, 3.63) is 65.7 Å². The molecule has 0 unspecified atom stereocenters. The fraction of sp³-hybridized carbons (Fsp3) is 0.391. The summed E-state index contributed by atoms with van der Waals surface area (Å²) in [7, 11) is 0. The molecule has 1 aliphatic heterocycles. The quantitative estimate of drug-likeness (QED) is 0.632. The summed E-state index contributed by atoms with van der Waals surface area (Å²) in [6.07, 6.45) is 5.09. The number of benzene rings is 2. The van der Waals surface area contributed by atoms with Crippen LogP contribution in [0.3, 0.4) is 0 Å². The van der Waals surface area contributed by atoms with Gasteiger partial charge in [-0.25, -0.2) is 0 Å². The lowest BCUT2D eigenvalue weighted by molar-refractivity contribution is -0.135. The largest absolute Gasteiger partial charge is 0.355 e. The van der Waals surface area contributed by atoms with E-state index in [1.54, 1.807) is 0 Å². The number of nitrogens with one attached hydrogen (secondary N) is 1. The fourth-order valence-corrected chi connectivity index (χ4v) is 3.97. The Bertz CT molecular complexity index is 827. The topological polar surface area (TPSA) is 49.4 Å². The van der Waals surface area contributed by atoms with E-state index in [1.165, 1.54) is 11.1 Å². The summed E-state index contributed by atoms with van der Waals surface area (Å²) < 4.78 is 0. The molecule has 27 heavy (non-hydrogen) atoms. The van der Waals surface area contributed by atoms with Gasteiger partial charge >= 0.3 is 0 Å². The molecule has 1 aliphatic carbocycles. The van der Waals surface area contributed by atoms with Crippen LogP contribution in [0.2, 0.25) is 0 Å². The predicted octanol–water partition coefficient (Wildman–Crippen LogP) is 3.50. The number of hydrogen-bond acceptors (Lipinski definition) is 2. The van der Waals surface area contributed by atoms with Crippen molar-refractivity contribution in [3.63, 3.8) is 0 Å². The van der Waals surface area contributed by atoms with Gasteiger partial charge in [-0.2, -0.15) is 0 Å². The molecule has 1 N–H and O–H groups in total. The zero-order valence-corrected chi connectivity index (χ0v) is 15.6. The smallest absolute Gasteiger partial charge is 0.242 e. The van der Waals surface area contributed by atoms with Gasteiger partial charge in [0.05, 0.1) is 0 Å². The van der Waals surface area contributed by atoms with Gasteiger partial charge in [0.1, 0.15) is 5.41 Å². The van der Waals surface area contributed by atoms with Gasteiger partial charge in [-0.1, -0.05) is 48.5 Å². The van der Waals surface area contributed by atoms with E-state index in [0.29, 0.717) is 25.9 Å². The summed E-state index contributed by atoms with van der Waals surface area (Å²) in [5.41, 5.74) is 2.62. The van der Waals surface area contributed by atoms with Gasteiger partial charge in [-0.05, 0) is 55.7 Å². The third-order valence-electron chi connectivity index (χ3n) is 5.72. The van der Waals surface area contributed by atoms with E-state index in [0.717, 1.165) is 31.4 Å². The molecule has 4 heteroatoms. The van der Waals surface area contributed by atoms with Crippen LogP contribution in [-0.4, -0.2) is 24.9 Å². The second-order valence-electron chi connectivity index (χ2n) is 7.62. The van der Waals surface area contributed by atoms with E-state index < -0.39 is 5.41 Å². The Hall–Kier alpha value is -2.62. The molecule has 1 heterocycles. The molecule has 0 radical (unpaired) electrons. The maximum Gasteiger partial charge on any atom is 0.242 e. The number of anilines is 1. The molecule has 0 aromatic heterocycles. The van der Waals surface area contributed by atoms with Gasteiger partial charge in [0, 0.05) is 18.8 Å². The Morgan fingerprint density at radius 2 is 1.74 bits per heavy atom. The fourth-order valence-electron chi connectivity index (χ4n) is 3.97. The second-order valence-corrected chi connectivity index (χ2v) is 7.62.